The first kappa shape index (κ1) is 6.47. The Balaban J connectivity index is 3.79. The van der Waals surface area contributed by atoms with Gasteiger partial charge in [0.05, 0.1) is 5.41 Å². The second-order valence-electron chi connectivity index (χ2n) is 2.54. The van der Waals surface area contributed by atoms with Crippen LogP contribution < -0.4 is 0 Å². The van der Waals surface area contributed by atoms with E-state index in [1.165, 1.54) is 0 Å². The molecule has 0 aliphatic carbocycles. The summed E-state index contributed by atoms with van der Waals surface area (Å²) in [4.78, 5) is 9.91. The minimum Gasteiger partial charge on any atom is -0.247 e. The van der Waals surface area contributed by atoms with Crippen LogP contribution in [0.2, 0.25) is 0 Å². The lowest BCUT2D eigenvalue weighted by molar-refractivity contribution is -0.152. The first-order chi connectivity index (χ1) is 2.94. The molecule has 0 spiro atoms. The van der Waals surface area contributed by atoms with Gasteiger partial charge in [-0.25, -0.2) is 9.90 Å². The predicted molar refractivity (Wildman–Crippen MR) is 25.1 cm³/mol. The normalized spacial score (nSPS) is 11.3. The van der Waals surface area contributed by atoms with E-state index in [0.717, 1.165) is 0 Å². The molecule has 2 heteroatoms. The van der Waals surface area contributed by atoms with Crippen molar-refractivity contribution >= 4 is 5.97 Å². The van der Waals surface area contributed by atoms with Gasteiger partial charge in [0, 0.05) is 0 Å². The van der Waals surface area contributed by atoms with Crippen LogP contribution in [0.5, 0.6) is 0 Å². The van der Waals surface area contributed by atoms with Crippen LogP contribution in [0.15, 0.2) is 0 Å². The summed E-state index contributed by atoms with van der Waals surface area (Å²) < 4.78 is 0. The molecule has 0 aliphatic heterocycles. The second-order valence-corrected chi connectivity index (χ2v) is 2.54. The topological polar surface area (TPSA) is 37.0 Å². The van der Waals surface area contributed by atoms with Crippen LogP contribution in [-0.2, 0) is 9.90 Å². The Labute approximate surface area is 43.2 Å². The Kier molecular flexibility index (Phi) is 1.41. The van der Waals surface area contributed by atoms with Gasteiger partial charge in [0.1, 0.15) is 0 Å². The molecular formula is C5H9O2. The fraction of sp³-hybridized carbons (Fsp3) is 0.800. The summed E-state index contributed by atoms with van der Waals surface area (Å²) in [7, 11) is 0. The third kappa shape index (κ3) is 2.20. The highest BCUT2D eigenvalue weighted by atomic mass is 16.4. The van der Waals surface area contributed by atoms with Gasteiger partial charge < -0.3 is 0 Å². The summed E-state index contributed by atoms with van der Waals surface area (Å²) in [6, 6.07) is 0. The molecule has 0 aromatic heterocycles. The van der Waals surface area contributed by atoms with Crippen molar-refractivity contribution in [1.82, 2.24) is 0 Å². The lowest BCUT2D eigenvalue weighted by atomic mass is 9.98. The van der Waals surface area contributed by atoms with Gasteiger partial charge in [-0.05, 0) is 20.8 Å². The van der Waals surface area contributed by atoms with E-state index in [0.29, 0.717) is 0 Å². The summed E-state index contributed by atoms with van der Waals surface area (Å²) in [6.45, 7) is 4.80. The third-order valence-electron chi connectivity index (χ3n) is 0.612. The largest absolute Gasteiger partial charge is 0.360 e. The Morgan fingerprint density at radius 3 is 1.43 bits per heavy atom. The van der Waals surface area contributed by atoms with Gasteiger partial charge in [-0.3, -0.25) is 0 Å². The van der Waals surface area contributed by atoms with Crippen molar-refractivity contribution in [3.8, 4) is 0 Å². The van der Waals surface area contributed by atoms with Crippen LogP contribution >= 0.6 is 0 Å². The van der Waals surface area contributed by atoms with Crippen molar-refractivity contribution in [2.45, 2.75) is 20.8 Å². The van der Waals surface area contributed by atoms with Gasteiger partial charge in [0.2, 0.25) is 0 Å². The summed E-state index contributed by atoms with van der Waals surface area (Å²) in [6.07, 6.45) is 0. The summed E-state index contributed by atoms with van der Waals surface area (Å²) >= 11 is 0. The molecule has 0 amide bonds. The zero-order chi connectivity index (χ0) is 6.08. The fourth-order valence-corrected chi connectivity index (χ4v) is 0. The van der Waals surface area contributed by atoms with E-state index in [1.807, 2.05) is 0 Å². The maximum absolute atomic E-state index is 9.91. The lowest BCUT2D eigenvalue weighted by Crippen LogP contribution is -2.17. The Hall–Kier alpha value is -0.530. The quantitative estimate of drug-likeness (QED) is 0.448. The molecule has 41 valence electrons. The van der Waals surface area contributed by atoms with Crippen molar-refractivity contribution in [3.05, 3.63) is 0 Å². The molecule has 0 saturated heterocycles. The van der Waals surface area contributed by atoms with E-state index >= 15 is 0 Å². The first-order valence-corrected chi connectivity index (χ1v) is 2.16. The van der Waals surface area contributed by atoms with Crippen molar-refractivity contribution in [2.75, 3.05) is 0 Å². The van der Waals surface area contributed by atoms with Crippen molar-refractivity contribution in [2.24, 2.45) is 5.41 Å². The average Bonchev–Trinajstić information content (AvgIpc) is 1.31. The van der Waals surface area contributed by atoms with E-state index in [9.17, 15) is 9.90 Å². The Morgan fingerprint density at radius 1 is 1.29 bits per heavy atom. The number of hydrogen-bond donors (Lipinski definition) is 0. The van der Waals surface area contributed by atoms with Gasteiger partial charge in [-0.2, -0.15) is 0 Å². The van der Waals surface area contributed by atoms with Gasteiger partial charge >= 0.3 is 5.97 Å². The molecule has 0 atom stereocenters. The molecule has 0 unspecified atom stereocenters. The average molecular weight is 101 g/mol. The molecule has 0 aromatic rings. The zero-order valence-electron chi connectivity index (χ0n) is 4.82. The molecule has 0 bridgehead atoms. The molecule has 7 heavy (non-hydrogen) atoms. The molecule has 0 aliphatic rings. The highest BCUT2D eigenvalue weighted by Gasteiger charge is 2.21. The maximum atomic E-state index is 9.91. The van der Waals surface area contributed by atoms with E-state index in [2.05, 4.69) is 0 Å². The van der Waals surface area contributed by atoms with E-state index in [-0.39, 0.29) is 0 Å². The fourth-order valence-electron chi connectivity index (χ4n) is 0. The van der Waals surface area contributed by atoms with Crippen LogP contribution in [0.4, 0.5) is 0 Å². The standard InChI is InChI=1S/C5H9O2/c1-5(2,3)4(6)7/h1-3H3. The number of carbonyl (C=O) groups is 1. The third-order valence-corrected chi connectivity index (χ3v) is 0.612. The Morgan fingerprint density at radius 2 is 1.43 bits per heavy atom. The summed E-state index contributed by atoms with van der Waals surface area (Å²) in [5, 5.41) is 9.91. The van der Waals surface area contributed by atoms with Crippen LogP contribution in [-0.4, -0.2) is 5.97 Å². The van der Waals surface area contributed by atoms with Crippen LogP contribution in [0.25, 0.3) is 0 Å². The molecule has 2 nitrogen and oxygen atoms in total. The minimum absolute atomic E-state index is 0.694. The highest BCUT2D eigenvalue weighted by molar-refractivity contribution is 5.72. The zero-order valence-corrected chi connectivity index (χ0v) is 4.82. The van der Waals surface area contributed by atoms with Crippen LogP contribution in [0, 0.1) is 5.41 Å². The molecule has 1 radical (unpaired) electrons. The smallest absolute Gasteiger partial charge is 0.247 e. The van der Waals surface area contributed by atoms with Crippen molar-refractivity contribution < 1.29 is 9.90 Å². The van der Waals surface area contributed by atoms with E-state index < -0.39 is 11.4 Å². The highest BCUT2D eigenvalue weighted by Crippen LogP contribution is 2.11. The molecule has 0 N–H and O–H groups in total. The number of rotatable bonds is 0. The Bertz CT molecular complexity index is 78.6. The predicted octanol–water partition coefficient (Wildman–Crippen LogP) is 0.990. The summed E-state index contributed by atoms with van der Waals surface area (Å²) in [5.74, 6) is -1.01. The van der Waals surface area contributed by atoms with Gasteiger partial charge in [0.25, 0.3) is 0 Å². The molecule has 0 rings (SSSR count). The lowest BCUT2D eigenvalue weighted by Gasteiger charge is -2.06. The molecular weight excluding hydrogens is 92.1 g/mol. The van der Waals surface area contributed by atoms with Gasteiger partial charge in [-0.15, -0.1) is 0 Å². The molecule has 0 aromatic carbocycles. The van der Waals surface area contributed by atoms with Crippen molar-refractivity contribution in [1.29, 1.82) is 0 Å². The van der Waals surface area contributed by atoms with Gasteiger partial charge in [-0.1, -0.05) is 0 Å². The van der Waals surface area contributed by atoms with Crippen molar-refractivity contribution in [3.63, 3.8) is 0 Å². The minimum atomic E-state index is -1.01. The van der Waals surface area contributed by atoms with E-state index in [4.69, 9.17) is 0 Å². The second kappa shape index (κ2) is 1.52. The first-order valence-electron chi connectivity index (χ1n) is 2.16. The van der Waals surface area contributed by atoms with Crippen LogP contribution in [0.3, 0.4) is 0 Å². The van der Waals surface area contributed by atoms with E-state index in [1.54, 1.807) is 20.8 Å². The number of hydrogen-bond acceptors (Lipinski definition) is 1. The maximum Gasteiger partial charge on any atom is 0.360 e. The molecule has 0 fully saturated rings. The molecule has 0 heterocycles. The number of carbonyl (C=O) groups excluding carboxylic acids is 1. The molecule has 0 saturated carbocycles. The monoisotopic (exact) mass is 101 g/mol. The SMILES string of the molecule is CC(C)(C)C([O])=O. The van der Waals surface area contributed by atoms with Crippen LogP contribution in [0.1, 0.15) is 20.8 Å². The summed E-state index contributed by atoms with van der Waals surface area (Å²) in [5.41, 5.74) is -0.694. The van der Waals surface area contributed by atoms with Gasteiger partial charge in [0.15, 0.2) is 0 Å².